The first-order valence-corrected chi connectivity index (χ1v) is 10.2. The number of piperidine rings is 1. The Balaban J connectivity index is 1.33. The van der Waals surface area contributed by atoms with E-state index in [9.17, 15) is 9.59 Å². The molecular formula is C22H20ClN3O4. The van der Waals surface area contributed by atoms with Crippen LogP contribution in [0.5, 0.6) is 11.5 Å². The number of methoxy groups -OCH3 is 1. The zero-order valence-corrected chi connectivity index (χ0v) is 17.2. The Bertz CT molecular complexity index is 1160. The van der Waals surface area contributed by atoms with Crippen LogP contribution in [0.4, 0.5) is 0 Å². The number of carbonyl (C=O) groups excluding carboxylic acids is 2. The number of hydrogen-bond donors (Lipinski definition) is 1. The highest BCUT2D eigenvalue weighted by atomic mass is 35.5. The second-order valence-electron chi connectivity index (χ2n) is 7.83. The first-order valence-electron chi connectivity index (χ1n) is 9.80. The maximum Gasteiger partial charge on any atom is 0.253 e. The molecule has 2 aromatic carbocycles. The average molecular weight is 426 g/mol. The Labute approximate surface area is 177 Å². The zero-order chi connectivity index (χ0) is 20.9. The van der Waals surface area contributed by atoms with Gasteiger partial charge >= 0.3 is 0 Å². The monoisotopic (exact) mass is 425 g/mol. The van der Waals surface area contributed by atoms with Gasteiger partial charge in [0.15, 0.2) is 5.78 Å². The Hall–Kier alpha value is -3.06. The van der Waals surface area contributed by atoms with Crippen LogP contribution >= 0.6 is 11.6 Å². The van der Waals surface area contributed by atoms with Gasteiger partial charge in [0, 0.05) is 36.9 Å². The van der Waals surface area contributed by atoms with Crippen molar-refractivity contribution in [2.45, 2.75) is 24.9 Å². The number of nitrogens with zero attached hydrogens (tertiary/aromatic N) is 2. The van der Waals surface area contributed by atoms with Gasteiger partial charge < -0.3 is 14.4 Å². The van der Waals surface area contributed by atoms with Crippen molar-refractivity contribution < 1.29 is 19.1 Å². The number of rotatable bonds is 2. The van der Waals surface area contributed by atoms with Crippen LogP contribution < -0.4 is 9.47 Å². The lowest BCUT2D eigenvalue weighted by Gasteiger charge is -2.44. The van der Waals surface area contributed by atoms with Crippen molar-refractivity contribution in [3.05, 3.63) is 52.7 Å². The number of nitrogens with one attached hydrogen (secondary N) is 1. The third kappa shape index (κ3) is 3.10. The molecule has 1 N–H and O–H groups in total. The van der Waals surface area contributed by atoms with Crippen LogP contribution in [0.25, 0.3) is 10.9 Å². The summed E-state index contributed by atoms with van der Waals surface area (Å²) in [6.07, 6.45) is 3.15. The maximum atomic E-state index is 13.0. The topological polar surface area (TPSA) is 84.5 Å². The minimum atomic E-state index is -0.568. The normalized spacial score (nSPS) is 17.7. The van der Waals surface area contributed by atoms with Crippen molar-refractivity contribution in [3.63, 3.8) is 0 Å². The molecule has 5 rings (SSSR count). The van der Waals surface area contributed by atoms with Gasteiger partial charge in [-0.2, -0.15) is 5.10 Å². The Kier molecular flexibility index (Phi) is 4.43. The van der Waals surface area contributed by atoms with Crippen molar-refractivity contribution >= 4 is 34.2 Å². The lowest BCUT2D eigenvalue weighted by atomic mass is 9.82. The highest BCUT2D eigenvalue weighted by Gasteiger charge is 2.43. The van der Waals surface area contributed by atoms with E-state index >= 15 is 0 Å². The number of benzene rings is 2. The van der Waals surface area contributed by atoms with Gasteiger partial charge in [0.05, 0.1) is 35.8 Å². The maximum absolute atomic E-state index is 13.0. The fourth-order valence-electron chi connectivity index (χ4n) is 4.32. The van der Waals surface area contributed by atoms with Crippen LogP contribution in [-0.4, -0.2) is 52.6 Å². The number of fused-ring (bicyclic) bond motifs is 2. The van der Waals surface area contributed by atoms with E-state index in [2.05, 4.69) is 10.2 Å². The molecule has 7 nitrogen and oxygen atoms in total. The van der Waals surface area contributed by atoms with E-state index in [0.29, 0.717) is 60.0 Å². The molecule has 3 aromatic rings. The van der Waals surface area contributed by atoms with Crippen LogP contribution in [0.15, 0.2) is 36.5 Å². The third-order valence-electron chi connectivity index (χ3n) is 6.01. The molecule has 0 bridgehead atoms. The molecule has 1 aromatic heterocycles. The number of ketones is 1. The van der Waals surface area contributed by atoms with Crippen molar-refractivity contribution in [2.24, 2.45) is 0 Å². The van der Waals surface area contributed by atoms with Crippen LogP contribution in [0, 0.1) is 0 Å². The Morgan fingerprint density at radius 1 is 1.27 bits per heavy atom. The van der Waals surface area contributed by atoms with Gasteiger partial charge in [-0.25, -0.2) is 0 Å². The van der Waals surface area contributed by atoms with Crippen LogP contribution in [-0.2, 0) is 0 Å². The van der Waals surface area contributed by atoms with E-state index in [-0.39, 0.29) is 11.7 Å². The third-order valence-corrected chi connectivity index (χ3v) is 6.30. The summed E-state index contributed by atoms with van der Waals surface area (Å²) in [5, 5.41) is 8.07. The van der Waals surface area contributed by atoms with E-state index in [1.165, 1.54) is 0 Å². The number of likely N-dealkylation sites (tertiary alicyclic amines) is 1. The molecule has 1 spiro atoms. The number of amides is 1. The molecule has 154 valence electrons. The van der Waals surface area contributed by atoms with Crippen molar-refractivity contribution in [1.29, 1.82) is 0 Å². The standard InChI is InChI=1S/C22H20ClN3O4/c1-29-15-2-3-19-16(10-15)18(27)11-22(30-19)4-6-26(7-5-22)21(28)13-8-14-12-24-25-20(14)17(23)9-13/h2-3,8-10,12H,4-7,11H2,1H3,(H,24,25). The molecule has 0 saturated carbocycles. The SMILES string of the molecule is COc1ccc2c(c1)C(=O)CC1(CCN(C(=O)c3cc(Cl)c4[nH]ncc4c3)CC1)O2. The molecule has 2 aliphatic rings. The van der Waals surface area contributed by atoms with Gasteiger partial charge in [0.1, 0.15) is 17.1 Å². The van der Waals surface area contributed by atoms with Crippen LogP contribution in [0.1, 0.15) is 40.0 Å². The fraction of sp³-hybridized carbons (Fsp3) is 0.318. The number of hydrogen-bond acceptors (Lipinski definition) is 5. The van der Waals surface area contributed by atoms with Gasteiger partial charge in [-0.05, 0) is 30.3 Å². The number of halogens is 1. The van der Waals surface area contributed by atoms with Gasteiger partial charge in [-0.1, -0.05) is 11.6 Å². The molecule has 2 aliphatic heterocycles. The van der Waals surface area contributed by atoms with E-state index in [4.69, 9.17) is 21.1 Å². The molecule has 0 unspecified atom stereocenters. The Morgan fingerprint density at radius 2 is 2.07 bits per heavy atom. The zero-order valence-electron chi connectivity index (χ0n) is 16.4. The predicted octanol–water partition coefficient (Wildman–Crippen LogP) is 3.87. The van der Waals surface area contributed by atoms with Gasteiger partial charge in [0.2, 0.25) is 0 Å². The first kappa shape index (κ1) is 18.9. The van der Waals surface area contributed by atoms with E-state index < -0.39 is 5.60 Å². The molecule has 0 aliphatic carbocycles. The summed E-state index contributed by atoms with van der Waals surface area (Å²) < 4.78 is 11.5. The van der Waals surface area contributed by atoms with E-state index in [1.807, 2.05) is 0 Å². The van der Waals surface area contributed by atoms with Crippen molar-refractivity contribution in [3.8, 4) is 11.5 Å². The first-order chi connectivity index (χ1) is 14.5. The molecule has 0 radical (unpaired) electrons. The van der Waals surface area contributed by atoms with E-state index in [0.717, 1.165) is 10.9 Å². The van der Waals surface area contributed by atoms with Gasteiger partial charge in [-0.15, -0.1) is 0 Å². The molecule has 1 fully saturated rings. The molecular weight excluding hydrogens is 406 g/mol. The van der Waals surface area contributed by atoms with Gasteiger partial charge in [-0.3, -0.25) is 14.7 Å². The number of carbonyl (C=O) groups is 2. The number of aromatic nitrogens is 2. The minimum Gasteiger partial charge on any atom is -0.497 e. The molecule has 3 heterocycles. The number of ether oxygens (including phenoxy) is 2. The van der Waals surface area contributed by atoms with Crippen LogP contribution in [0.2, 0.25) is 5.02 Å². The van der Waals surface area contributed by atoms with Crippen LogP contribution in [0.3, 0.4) is 0 Å². The summed E-state index contributed by atoms with van der Waals surface area (Å²) in [5.41, 5.74) is 1.24. The summed E-state index contributed by atoms with van der Waals surface area (Å²) >= 11 is 6.28. The quantitative estimate of drug-likeness (QED) is 0.673. The highest BCUT2D eigenvalue weighted by Crippen LogP contribution is 2.40. The van der Waals surface area contributed by atoms with Crippen molar-refractivity contribution in [1.82, 2.24) is 15.1 Å². The summed E-state index contributed by atoms with van der Waals surface area (Å²) in [7, 11) is 1.57. The molecule has 1 amide bonds. The summed E-state index contributed by atoms with van der Waals surface area (Å²) in [5.74, 6) is 1.19. The second kappa shape index (κ2) is 7.02. The summed E-state index contributed by atoms with van der Waals surface area (Å²) in [6, 6.07) is 8.76. The predicted molar refractivity (Wildman–Crippen MR) is 112 cm³/mol. The van der Waals surface area contributed by atoms with E-state index in [1.54, 1.807) is 48.5 Å². The smallest absolute Gasteiger partial charge is 0.253 e. The lowest BCUT2D eigenvalue weighted by molar-refractivity contribution is -0.00576. The highest BCUT2D eigenvalue weighted by molar-refractivity contribution is 6.35. The summed E-state index contributed by atoms with van der Waals surface area (Å²) in [6.45, 7) is 1.03. The van der Waals surface area contributed by atoms with Crippen molar-refractivity contribution in [2.75, 3.05) is 20.2 Å². The summed E-state index contributed by atoms with van der Waals surface area (Å²) in [4.78, 5) is 27.6. The largest absolute Gasteiger partial charge is 0.497 e. The lowest BCUT2D eigenvalue weighted by Crippen LogP contribution is -2.52. The fourth-order valence-corrected chi connectivity index (χ4v) is 4.59. The number of Topliss-reactive ketones (excluding diaryl/α,β-unsaturated/α-hetero) is 1. The molecule has 1 saturated heterocycles. The molecule has 0 atom stereocenters. The minimum absolute atomic E-state index is 0.0483. The molecule has 8 heteroatoms. The average Bonchev–Trinajstić information content (AvgIpc) is 3.23. The number of H-pyrrole nitrogens is 1. The van der Waals surface area contributed by atoms with Gasteiger partial charge in [0.25, 0.3) is 5.91 Å². The number of aromatic amines is 1. The molecule has 30 heavy (non-hydrogen) atoms. The second-order valence-corrected chi connectivity index (χ2v) is 8.24. The Morgan fingerprint density at radius 3 is 2.83 bits per heavy atom.